The Balaban J connectivity index is 0.000000616. The third-order valence-electron chi connectivity index (χ3n) is 6.34. The monoisotopic (exact) mass is 589 g/mol. The Bertz CT molecular complexity index is 1370. The summed E-state index contributed by atoms with van der Waals surface area (Å²) in [6.07, 6.45) is 0.457. The Hall–Kier alpha value is -4.38. The minimum atomic E-state index is -5.08. The number of benzene rings is 3. The summed E-state index contributed by atoms with van der Waals surface area (Å²) in [5, 5.41) is 16.6. The lowest BCUT2D eigenvalue weighted by molar-refractivity contribution is -0.192. The minimum absolute atomic E-state index is 0.100. The SMILES string of the molecule is CN1CCC(Oc2ccc(OCc3ccccc3CC(=O)/C=C/c3ccc(F)c(O)c3)cc2)CC1.O=C(O)C(F)(F)F. The van der Waals surface area contributed by atoms with E-state index in [4.69, 9.17) is 19.4 Å². The van der Waals surface area contributed by atoms with E-state index in [0.29, 0.717) is 12.2 Å². The van der Waals surface area contributed by atoms with E-state index in [9.17, 15) is 27.5 Å². The van der Waals surface area contributed by atoms with E-state index in [-0.39, 0.29) is 18.3 Å². The molecule has 224 valence electrons. The number of hydrogen-bond donors (Lipinski definition) is 2. The molecule has 0 bridgehead atoms. The van der Waals surface area contributed by atoms with Crippen LogP contribution in [-0.2, 0) is 22.6 Å². The number of phenolic OH excluding ortho intramolecular Hbond substituents is 1. The molecule has 2 N–H and O–H groups in total. The van der Waals surface area contributed by atoms with E-state index in [2.05, 4.69) is 11.9 Å². The van der Waals surface area contributed by atoms with Gasteiger partial charge in [-0.1, -0.05) is 36.4 Å². The average Bonchev–Trinajstić information content (AvgIpc) is 2.95. The number of nitrogens with zero attached hydrogens (tertiary/aromatic N) is 1. The van der Waals surface area contributed by atoms with Crippen LogP contribution in [-0.4, -0.2) is 59.3 Å². The molecule has 0 radical (unpaired) electrons. The summed E-state index contributed by atoms with van der Waals surface area (Å²) in [6, 6.07) is 19.3. The molecule has 4 rings (SSSR count). The largest absolute Gasteiger partial charge is 0.505 e. The van der Waals surface area contributed by atoms with Crippen molar-refractivity contribution in [2.45, 2.75) is 38.1 Å². The van der Waals surface area contributed by atoms with Crippen LogP contribution in [0.5, 0.6) is 17.2 Å². The maximum atomic E-state index is 13.2. The van der Waals surface area contributed by atoms with Gasteiger partial charge in [-0.05, 0) is 79.1 Å². The summed E-state index contributed by atoms with van der Waals surface area (Å²) >= 11 is 0. The van der Waals surface area contributed by atoms with E-state index < -0.39 is 23.7 Å². The number of phenols is 1. The maximum absolute atomic E-state index is 13.2. The lowest BCUT2D eigenvalue weighted by Crippen LogP contribution is -2.35. The summed E-state index contributed by atoms with van der Waals surface area (Å²) in [5.74, 6) is -2.41. The zero-order chi connectivity index (χ0) is 30.7. The molecule has 3 aromatic rings. The second-order valence-electron chi connectivity index (χ2n) is 9.64. The summed E-state index contributed by atoms with van der Waals surface area (Å²) in [7, 11) is 2.13. The molecule has 0 atom stereocenters. The number of alkyl halides is 3. The second kappa shape index (κ2) is 15.0. The van der Waals surface area contributed by atoms with Crippen molar-refractivity contribution in [1.82, 2.24) is 4.90 Å². The van der Waals surface area contributed by atoms with Crippen LogP contribution < -0.4 is 9.47 Å². The highest BCUT2D eigenvalue weighted by molar-refractivity contribution is 5.95. The van der Waals surface area contributed by atoms with Crippen molar-refractivity contribution < 1.29 is 46.8 Å². The van der Waals surface area contributed by atoms with E-state index in [0.717, 1.165) is 48.6 Å². The highest BCUT2D eigenvalue weighted by atomic mass is 19.4. The summed E-state index contributed by atoms with van der Waals surface area (Å²) < 4.78 is 57.0. The molecule has 1 aliphatic heterocycles. The van der Waals surface area contributed by atoms with Gasteiger partial charge in [0.05, 0.1) is 0 Å². The van der Waals surface area contributed by atoms with Crippen molar-refractivity contribution in [1.29, 1.82) is 0 Å². The first kappa shape index (κ1) is 32.1. The lowest BCUT2D eigenvalue weighted by Gasteiger charge is -2.29. The van der Waals surface area contributed by atoms with Crippen LogP contribution in [0.1, 0.15) is 29.5 Å². The predicted molar refractivity (Wildman–Crippen MR) is 148 cm³/mol. The number of aliphatic carboxylic acids is 1. The Morgan fingerprint density at radius 3 is 2.17 bits per heavy atom. The molecule has 0 unspecified atom stereocenters. The smallest absolute Gasteiger partial charge is 0.490 e. The number of carbonyl (C=O) groups excluding carboxylic acids is 1. The van der Waals surface area contributed by atoms with Crippen LogP contribution in [0.2, 0.25) is 0 Å². The van der Waals surface area contributed by atoms with Crippen LogP contribution in [0.15, 0.2) is 72.8 Å². The number of carbonyl (C=O) groups is 2. The fourth-order valence-corrected chi connectivity index (χ4v) is 4.01. The van der Waals surface area contributed by atoms with Gasteiger partial charge in [0.25, 0.3) is 0 Å². The van der Waals surface area contributed by atoms with Crippen molar-refractivity contribution in [3.63, 3.8) is 0 Å². The molecular formula is C31H31F4NO6. The Morgan fingerprint density at radius 1 is 0.976 bits per heavy atom. The quantitative estimate of drug-likeness (QED) is 0.232. The van der Waals surface area contributed by atoms with E-state index in [1.807, 2.05) is 48.5 Å². The highest BCUT2D eigenvalue weighted by Crippen LogP contribution is 2.23. The standard InChI is InChI=1S/C29H30FNO4.C2HF3O2/c1-31-16-14-27(15-17-31)35-26-11-9-25(10-12-26)34-20-23-5-3-2-4-22(23)19-24(32)8-6-21-7-13-28(30)29(33)18-21;3-2(4,5)1(6)7/h2-13,18,27,33H,14-17,19-20H2,1H3;(H,6,7)/b8-6+;. The predicted octanol–water partition coefficient (Wildman–Crippen LogP) is 6.04. The van der Waals surface area contributed by atoms with Gasteiger partial charge in [-0.3, -0.25) is 4.79 Å². The first-order chi connectivity index (χ1) is 19.9. The van der Waals surface area contributed by atoms with Gasteiger partial charge in [0.2, 0.25) is 0 Å². The number of likely N-dealkylation sites (tertiary alicyclic amines) is 1. The fourth-order valence-electron chi connectivity index (χ4n) is 4.01. The molecule has 0 aliphatic carbocycles. The van der Waals surface area contributed by atoms with Crippen LogP contribution in [0.25, 0.3) is 6.08 Å². The zero-order valence-corrected chi connectivity index (χ0v) is 22.8. The molecule has 1 heterocycles. The van der Waals surface area contributed by atoms with Gasteiger partial charge in [0, 0.05) is 19.5 Å². The molecule has 1 fully saturated rings. The normalized spacial score (nSPS) is 14.2. The van der Waals surface area contributed by atoms with Gasteiger partial charge in [0.1, 0.15) is 24.2 Å². The van der Waals surface area contributed by atoms with Crippen LogP contribution in [0, 0.1) is 5.82 Å². The van der Waals surface area contributed by atoms with Crippen LogP contribution in [0.4, 0.5) is 17.6 Å². The Labute approximate surface area is 240 Å². The number of hydrogen-bond acceptors (Lipinski definition) is 6. The van der Waals surface area contributed by atoms with Gasteiger partial charge < -0.3 is 24.6 Å². The van der Waals surface area contributed by atoms with Gasteiger partial charge in [-0.25, -0.2) is 9.18 Å². The summed E-state index contributed by atoms with van der Waals surface area (Å²) in [6.45, 7) is 2.45. The maximum Gasteiger partial charge on any atom is 0.490 e. The number of carboxylic acids is 1. The van der Waals surface area contributed by atoms with Crippen LogP contribution >= 0.6 is 0 Å². The summed E-state index contributed by atoms with van der Waals surface area (Å²) in [4.78, 5) is 23.7. The molecule has 1 saturated heterocycles. The number of ether oxygens (including phenoxy) is 2. The zero-order valence-electron chi connectivity index (χ0n) is 22.8. The number of allylic oxidation sites excluding steroid dienone is 1. The Morgan fingerprint density at radius 2 is 1.57 bits per heavy atom. The number of aromatic hydroxyl groups is 1. The average molecular weight is 590 g/mol. The molecule has 11 heteroatoms. The molecule has 0 saturated carbocycles. The molecule has 0 aromatic heterocycles. The lowest BCUT2D eigenvalue weighted by atomic mass is 10.0. The topological polar surface area (TPSA) is 96.3 Å². The molecular weight excluding hydrogens is 558 g/mol. The van der Waals surface area contributed by atoms with Crippen molar-refractivity contribution in [3.8, 4) is 17.2 Å². The van der Waals surface area contributed by atoms with Gasteiger partial charge in [-0.15, -0.1) is 0 Å². The minimum Gasteiger partial charge on any atom is -0.505 e. The van der Waals surface area contributed by atoms with Gasteiger partial charge in [-0.2, -0.15) is 13.2 Å². The third kappa shape index (κ3) is 10.5. The van der Waals surface area contributed by atoms with Crippen molar-refractivity contribution in [2.24, 2.45) is 0 Å². The first-order valence-electron chi connectivity index (χ1n) is 13.0. The van der Waals surface area contributed by atoms with Crippen LogP contribution in [0.3, 0.4) is 0 Å². The molecule has 0 spiro atoms. The number of carboxylic acid groups (broad SMARTS) is 1. The third-order valence-corrected chi connectivity index (χ3v) is 6.34. The molecule has 0 amide bonds. The number of piperidine rings is 1. The molecule has 7 nitrogen and oxygen atoms in total. The summed E-state index contributed by atoms with van der Waals surface area (Å²) in [5.41, 5.74) is 2.36. The van der Waals surface area contributed by atoms with Gasteiger partial charge in [0.15, 0.2) is 17.3 Å². The Kier molecular flexibility index (Phi) is 11.5. The van der Waals surface area contributed by atoms with E-state index in [1.165, 1.54) is 24.3 Å². The molecule has 1 aliphatic rings. The number of rotatable bonds is 9. The first-order valence-corrected chi connectivity index (χ1v) is 13.0. The van der Waals surface area contributed by atoms with Crippen molar-refractivity contribution >= 4 is 17.8 Å². The van der Waals surface area contributed by atoms with E-state index in [1.54, 1.807) is 6.08 Å². The number of ketones is 1. The molecule has 42 heavy (non-hydrogen) atoms. The van der Waals surface area contributed by atoms with Gasteiger partial charge >= 0.3 is 12.1 Å². The fraction of sp³-hybridized carbons (Fsp3) is 0.290. The van der Waals surface area contributed by atoms with Crippen molar-refractivity contribution in [3.05, 3.63) is 95.3 Å². The van der Waals surface area contributed by atoms with Crippen molar-refractivity contribution in [2.75, 3.05) is 20.1 Å². The number of halogens is 4. The highest BCUT2D eigenvalue weighted by Gasteiger charge is 2.38. The second-order valence-corrected chi connectivity index (χ2v) is 9.64. The van der Waals surface area contributed by atoms with E-state index >= 15 is 0 Å². The molecule has 3 aromatic carbocycles.